The van der Waals surface area contributed by atoms with Crippen LogP contribution in [0.1, 0.15) is 18.4 Å². The van der Waals surface area contributed by atoms with Gasteiger partial charge in [-0.15, -0.1) is 0 Å². The Morgan fingerprint density at radius 2 is 2.12 bits per heavy atom. The van der Waals surface area contributed by atoms with Gasteiger partial charge in [0.1, 0.15) is 5.82 Å². The van der Waals surface area contributed by atoms with E-state index in [1.54, 1.807) is 6.07 Å². The van der Waals surface area contributed by atoms with Crippen LogP contribution in [0.5, 0.6) is 0 Å². The van der Waals surface area contributed by atoms with Crippen LogP contribution in [0.2, 0.25) is 5.02 Å². The van der Waals surface area contributed by atoms with E-state index in [1.165, 1.54) is 6.07 Å². The van der Waals surface area contributed by atoms with Gasteiger partial charge in [0.2, 0.25) is 0 Å². The second-order valence-corrected chi connectivity index (χ2v) is 4.84. The first-order valence-electron chi connectivity index (χ1n) is 5.75. The Labute approximate surface area is 106 Å². The number of piperidine rings is 1. The molecule has 1 heterocycles. The molecule has 17 heavy (non-hydrogen) atoms. The van der Waals surface area contributed by atoms with Crippen molar-refractivity contribution in [3.63, 3.8) is 0 Å². The summed E-state index contributed by atoms with van der Waals surface area (Å²) in [6, 6.07) is 7.23. The Bertz CT molecular complexity index is 434. The maximum absolute atomic E-state index is 13.3. The largest absolute Gasteiger partial charge is 0.299 e. The van der Waals surface area contributed by atoms with Crippen molar-refractivity contribution in [2.24, 2.45) is 5.92 Å². The van der Waals surface area contributed by atoms with Crippen LogP contribution in [0.25, 0.3) is 0 Å². The van der Waals surface area contributed by atoms with Gasteiger partial charge < -0.3 is 0 Å². The molecule has 1 aliphatic heterocycles. The molecule has 1 fully saturated rings. The summed E-state index contributed by atoms with van der Waals surface area (Å²) in [5.74, 6) is -0.177. The number of hydrogen-bond donors (Lipinski definition) is 0. The minimum absolute atomic E-state index is 0.164. The zero-order valence-corrected chi connectivity index (χ0v) is 10.3. The number of likely N-dealkylation sites (tertiary alicyclic amines) is 1. The van der Waals surface area contributed by atoms with Crippen LogP contribution < -0.4 is 0 Å². The lowest BCUT2D eigenvalue weighted by atomic mass is 9.98. The SMILES string of the molecule is N#CC1CCN(Cc2ccc(Cl)c(F)c2)CC1. The maximum atomic E-state index is 13.3. The van der Waals surface area contributed by atoms with Crippen molar-refractivity contribution < 1.29 is 4.39 Å². The van der Waals surface area contributed by atoms with Crippen LogP contribution in [0, 0.1) is 23.1 Å². The molecule has 0 saturated carbocycles. The number of nitrogens with zero attached hydrogens (tertiary/aromatic N) is 2. The number of nitriles is 1. The van der Waals surface area contributed by atoms with E-state index < -0.39 is 0 Å². The van der Waals surface area contributed by atoms with Crippen LogP contribution >= 0.6 is 11.6 Å². The second-order valence-electron chi connectivity index (χ2n) is 4.43. The molecule has 0 N–H and O–H groups in total. The summed E-state index contributed by atoms with van der Waals surface area (Å²) < 4.78 is 13.3. The van der Waals surface area contributed by atoms with E-state index in [0.29, 0.717) is 0 Å². The third-order valence-electron chi connectivity index (χ3n) is 3.16. The molecule has 4 heteroatoms. The lowest BCUT2D eigenvalue weighted by Crippen LogP contribution is -2.32. The minimum atomic E-state index is -0.365. The van der Waals surface area contributed by atoms with Crippen molar-refractivity contribution in [2.45, 2.75) is 19.4 Å². The van der Waals surface area contributed by atoms with Crippen molar-refractivity contribution >= 4 is 11.6 Å². The summed E-state index contributed by atoms with van der Waals surface area (Å²) in [7, 11) is 0. The van der Waals surface area contributed by atoms with E-state index in [1.807, 2.05) is 6.07 Å². The van der Waals surface area contributed by atoms with Gasteiger partial charge in [-0.3, -0.25) is 4.90 Å². The van der Waals surface area contributed by atoms with Gasteiger partial charge in [-0.2, -0.15) is 5.26 Å². The molecule has 0 aliphatic carbocycles. The van der Waals surface area contributed by atoms with E-state index in [2.05, 4.69) is 11.0 Å². The van der Waals surface area contributed by atoms with Gasteiger partial charge in [0.25, 0.3) is 0 Å². The molecule has 0 unspecified atom stereocenters. The van der Waals surface area contributed by atoms with Gasteiger partial charge in [0, 0.05) is 12.5 Å². The highest BCUT2D eigenvalue weighted by atomic mass is 35.5. The molecule has 0 amide bonds. The quantitative estimate of drug-likeness (QED) is 0.808. The molecule has 0 atom stereocenters. The Morgan fingerprint density at radius 1 is 1.41 bits per heavy atom. The molecular formula is C13H14ClFN2. The number of benzene rings is 1. The lowest BCUT2D eigenvalue weighted by Gasteiger charge is -2.28. The van der Waals surface area contributed by atoms with Crippen LogP contribution in [0.15, 0.2) is 18.2 Å². The molecular weight excluding hydrogens is 239 g/mol. The number of rotatable bonds is 2. The molecule has 0 bridgehead atoms. The lowest BCUT2D eigenvalue weighted by molar-refractivity contribution is 0.198. The Hall–Kier alpha value is -1.11. The highest BCUT2D eigenvalue weighted by Crippen LogP contribution is 2.20. The summed E-state index contributed by atoms with van der Waals surface area (Å²) in [4.78, 5) is 2.25. The first-order valence-corrected chi connectivity index (χ1v) is 6.12. The molecule has 0 radical (unpaired) electrons. The van der Waals surface area contributed by atoms with Gasteiger partial charge in [-0.25, -0.2) is 4.39 Å². The topological polar surface area (TPSA) is 27.0 Å². The van der Waals surface area contributed by atoms with E-state index >= 15 is 0 Å². The molecule has 1 aromatic rings. The predicted molar refractivity (Wildman–Crippen MR) is 65.0 cm³/mol. The van der Waals surface area contributed by atoms with Crippen LogP contribution in [-0.2, 0) is 6.54 Å². The maximum Gasteiger partial charge on any atom is 0.142 e. The first kappa shape index (κ1) is 12.3. The monoisotopic (exact) mass is 252 g/mol. The van der Waals surface area contributed by atoms with Crippen molar-refractivity contribution in [3.8, 4) is 6.07 Å². The van der Waals surface area contributed by atoms with Crippen molar-refractivity contribution in [1.82, 2.24) is 4.90 Å². The normalized spacial score (nSPS) is 17.9. The summed E-state index contributed by atoms with van der Waals surface area (Å²) >= 11 is 5.64. The standard InChI is InChI=1S/C13H14ClFN2/c14-12-2-1-11(7-13(12)15)9-17-5-3-10(8-16)4-6-17/h1-2,7,10H,3-6,9H2. The van der Waals surface area contributed by atoms with Crippen molar-refractivity contribution in [1.29, 1.82) is 5.26 Å². The predicted octanol–water partition coefficient (Wildman–Crippen LogP) is 3.21. The Kier molecular flexibility index (Phi) is 3.98. The van der Waals surface area contributed by atoms with Crippen LogP contribution in [-0.4, -0.2) is 18.0 Å². The van der Waals surface area contributed by atoms with Crippen LogP contribution in [0.4, 0.5) is 4.39 Å². The van der Waals surface area contributed by atoms with E-state index in [9.17, 15) is 4.39 Å². The van der Waals surface area contributed by atoms with Gasteiger partial charge in [-0.1, -0.05) is 17.7 Å². The van der Waals surface area contributed by atoms with Gasteiger partial charge >= 0.3 is 0 Å². The number of hydrogen-bond acceptors (Lipinski definition) is 2. The van der Waals surface area contributed by atoms with Gasteiger partial charge in [0.05, 0.1) is 11.1 Å². The fraction of sp³-hybridized carbons (Fsp3) is 0.462. The summed E-state index contributed by atoms with van der Waals surface area (Å²) in [6.07, 6.45) is 1.82. The minimum Gasteiger partial charge on any atom is -0.299 e. The summed E-state index contributed by atoms with van der Waals surface area (Å²) in [5.41, 5.74) is 0.933. The summed E-state index contributed by atoms with van der Waals surface area (Å²) in [6.45, 7) is 2.54. The Balaban J connectivity index is 1.93. The van der Waals surface area contributed by atoms with Crippen LogP contribution in [0.3, 0.4) is 0 Å². The highest BCUT2D eigenvalue weighted by molar-refractivity contribution is 6.30. The molecule has 1 aliphatic rings. The average molecular weight is 253 g/mol. The van der Waals surface area contributed by atoms with E-state index in [4.69, 9.17) is 16.9 Å². The fourth-order valence-corrected chi connectivity index (χ4v) is 2.23. The first-order chi connectivity index (χ1) is 8.19. The van der Waals surface area contributed by atoms with Crippen molar-refractivity contribution in [3.05, 3.63) is 34.6 Å². The summed E-state index contributed by atoms with van der Waals surface area (Å²) in [5, 5.41) is 8.97. The molecule has 1 saturated heterocycles. The fourth-order valence-electron chi connectivity index (χ4n) is 2.12. The third-order valence-corrected chi connectivity index (χ3v) is 3.47. The third kappa shape index (κ3) is 3.18. The smallest absolute Gasteiger partial charge is 0.142 e. The molecule has 2 nitrogen and oxygen atoms in total. The van der Waals surface area contributed by atoms with E-state index in [0.717, 1.165) is 38.0 Å². The molecule has 90 valence electrons. The van der Waals surface area contributed by atoms with Gasteiger partial charge in [0.15, 0.2) is 0 Å². The zero-order chi connectivity index (χ0) is 12.3. The van der Waals surface area contributed by atoms with Crippen molar-refractivity contribution in [2.75, 3.05) is 13.1 Å². The zero-order valence-electron chi connectivity index (χ0n) is 9.50. The molecule has 0 spiro atoms. The molecule has 1 aromatic carbocycles. The molecule has 2 rings (SSSR count). The number of halogens is 2. The van der Waals surface area contributed by atoms with E-state index in [-0.39, 0.29) is 16.8 Å². The average Bonchev–Trinajstić information content (AvgIpc) is 2.35. The molecule has 0 aromatic heterocycles. The second kappa shape index (κ2) is 5.48. The Morgan fingerprint density at radius 3 is 2.71 bits per heavy atom. The highest BCUT2D eigenvalue weighted by Gasteiger charge is 2.18. The van der Waals surface area contributed by atoms with Gasteiger partial charge in [-0.05, 0) is 43.6 Å².